The van der Waals surface area contributed by atoms with Crippen molar-refractivity contribution in [2.45, 2.75) is 13.3 Å². The van der Waals surface area contributed by atoms with Gasteiger partial charge in [-0.3, -0.25) is 0 Å². The van der Waals surface area contributed by atoms with Crippen LogP contribution in [0.15, 0.2) is 0 Å². The minimum absolute atomic E-state index is 0.348. The number of nitriles is 1. The Morgan fingerprint density at radius 3 is 2.50 bits per heavy atom. The number of ether oxygens (including phenoxy) is 1. The molecule has 0 saturated heterocycles. The second kappa shape index (κ2) is 4.80. The summed E-state index contributed by atoms with van der Waals surface area (Å²) in [6, 6.07) is 2.03. The van der Waals surface area contributed by atoms with Crippen molar-refractivity contribution in [3.8, 4) is 6.07 Å². The Labute approximate surface area is 61.5 Å². The number of hydrogen-bond donors (Lipinski definition) is 0. The number of hydrogen-bond acceptors (Lipinski definition) is 2. The van der Waals surface area contributed by atoms with Gasteiger partial charge in [0.2, 0.25) is 0 Å². The second-order valence-electron chi connectivity index (χ2n) is 2.06. The molecule has 0 spiro atoms. The standard InChI is InChI=1S/C7H13N2O/c1-4-10-7(5-6-8)9(2)3/h4-5H2,1-3H3/q+1. The summed E-state index contributed by atoms with van der Waals surface area (Å²) in [4.78, 5) is 0. The first-order chi connectivity index (χ1) is 4.72. The maximum atomic E-state index is 8.33. The lowest BCUT2D eigenvalue weighted by Gasteiger charge is -1.98. The fourth-order valence-electron chi connectivity index (χ4n) is 0.572. The highest BCUT2D eigenvalue weighted by Crippen LogP contribution is 1.85. The molecule has 0 aromatic rings. The molecule has 0 aliphatic carbocycles. The van der Waals surface area contributed by atoms with E-state index in [1.54, 1.807) is 0 Å². The van der Waals surface area contributed by atoms with Crippen LogP contribution < -0.4 is 0 Å². The molecule has 0 amide bonds. The molecule has 0 aromatic carbocycles. The van der Waals surface area contributed by atoms with Crippen molar-refractivity contribution in [3.63, 3.8) is 0 Å². The first-order valence-corrected chi connectivity index (χ1v) is 3.25. The van der Waals surface area contributed by atoms with E-state index in [2.05, 4.69) is 0 Å². The maximum Gasteiger partial charge on any atom is 0.350 e. The van der Waals surface area contributed by atoms with Crippen LogP contribution in [0.2, 0.25) is 0 Å². The molecule has 0 fully saturated rings. The van der Waals surface area contributed by atoms with Gasteiger partial charge in [0.05, 0.1) is 12.7 Å². The maximum absolute atomic E-state index is 8.33. The van der Waals surface area contributed by atoms with Gasteiger partial charge in [-0.25, -0.2) is 4.58 Å². The van der Waals surface area contributed by atoms with E-state index in [1.807, 2.05) is 31.7 Å². The summed E-state index contributed by atoms with van der Waals surface area (Å²) in [5.74, 6) is 0.727. The Balaban J connectivity index is 4.02. The van der Waals surface area contributed by atoms with Crippen LogP contribution in [0.5, 0.6) is 0 Å². The summed E-state index contributed by atoms with van der Waals surface area (Å²) in [6.45, 7) is 2.52. The molecule has 3 heteroatoms. The van der Waals surface area contributed by atoms with Crippen molar-refractivity contribution in [3.05, 3.63) is 0 Å². The van der Waals surface area contributed by atoms with E-state index in [4.69, 9.17) is 10.00 Å². The smallest absolute Gasteiger partial charge is 0.350 e. The molecule has 0 heterocycles. The van der Waals surface area contributed by atoms with Crippen LogP contribution in [0.25, 0.3) is 0 Å². The van der Waals surface area contributed by atoms with Gasteiger partial charge in [-0.15, -0.1) is 0 Å². The molecular weight excluding hydrogens is 128 g/mol. The van der Waals surface area contributed by atoms with Crippen molar-refractivity contribution in [1.29, 1.82) is 5.26 Å². The molecule has 56 valence electrons. The van der Waals surface area contributed by atoms with Gasteiger partial charge < -0.3 is 4.74 Å². The van der Waals surface area contributed by atoms with Crippen LogP contribution in [0.1, 0.15) is 13.3 Å². The van der Waals surface area contributed by atoms with Crippen molar-refractivity contribution in [2.24, 2.45) is 0 Å². The quantitative estimate of drug-likeness (QED) is 0.321. The van der Waals surface area contributed by atoms with Gasteiger partial charge in [-0.05, 0) is 6.92 Å². The lowest BCUT2D eigenvalue weighted by atomic mass is 10.4. The molecule has 0 aromatic heterocycles. The molecule has 3 nitrogen and oxygen atoms in total. The minimum Gasteiger partial charge on any atom is -0.448 e. The van der Waals surface area contributed by atoms with Crippen molar-refractivity contribution in [1.82, 2.24) is 0 Å². The molecule has 0 aliphatic rings. The Kier molecular flexibility index (Phi) is 4.30. The van der Waals surface area contributed by atoms with E-state index in [9.17, 15) is 0 Å². The largest absolute Gasteiger partial charge is 0.448 e. The summed E-state index contributed by atoms with van der Waals surface area (Å²) >= 11 is 0. The topological polar surface area (TPSA) is 36.0 Å². The highest BCUT2D eigenvalue weighted by atomic mass is 16.5. The summed E-state index contributed by atoms with van der Waals surface area (Å²) in [5, 5.41) is 8.33. The van der Waals surface area contributed by atoms with Crippen LogP contribution in [0, 0.1) is 11.3 Å². The fraction of sp³-hybridized carbons (Fsp3) is 0.714. The average Bonchev–Trinajstić information content (AvgIpc) is 1.87. The average molecular weight is 141 g/mol. The lowest BCUT2D eigenvalue weighted by molar-refractivity contribution is -0.475. The first kappa shape index (κ1) is 8.96. The van der Waals surface area contributed by atoms with Crippen LogP contribution in [0.4, 0.5) is 0 Å². The van der Waals surface area contributed by atoms with E-state index in [0.717, 1.165) is 5.90 Å². The molecule has 0 rings (SSSR count). The number of nitrogens with zero attached hydrogens (tertiary/aromatic N) is 2. The molecule has 0 aliphatic heterocycles. The molecule has 0 radical (unpaired) electrons. The van der Waals surface area contributed by atoms with E-state index in [0.29, 0.717) is 13.0 Å². The molecule has 0 N–H and O–H groups in total. The summed E-state index contributed by atoms with van der Waals surface area (Å²) in [5.41, 5.74) is 0. The van der Waals surface area contributed by atoms with Gasteiger partial charge in [-0.1, -0.05) is 0 Å². The normalized spacial score (nSPS) is 8.20. The van der Waals surface area contributed by atoms with Gasteiger partial charge in [0.1, 0.15) is 14.1 Å². The lowest BCUT2D eigenvalue weighted by Crippen LogP contribution is -2.16. The van der Waals surface area contributed by atoms with E-state index in [-0.39, 0.29) is 0 Å². The molecule has 0 saturated carbocycles. The Hall–Kier alpha value is -1.04. The van der Waals surface area contributed by atoms with E-state index >= 15 is 0 Å². The zero-order chi connectivity index (χ0) is 7.98. The van der Waals surface area contributed by atoms with Crippen LogP contribution >= 0.6 is 0 Å². The fourth-order valence-corrected chi connectivity index (χ4v) is 0.572. The van der Waals surface area contributed by atoms with Crippen molar-refractivity contribution >= 4 is 5.90 Å². The Morgan fingerprint density at radius 2 is 2.20 bits per heavy atom. The SMILES string of the molecule is CCOC(CC#N)=[N+](C)C. The highest BCUT2D eigenvalue weighted by molar-refractivity contribution is 5.72. The number of rotatable bonds is 2. The third kappa shape index (κ3) is 3.08. The predicted octanol–water partition coefficient (Wildman–Crippen LogP) is 0.607. The summed E-state index contributed by atoms with van der Waals surface area (Å²) < 4.78 is 6.98. The van der Waals surface area contributed by atoms with Gasteiger partial charge >= 0.3 is 5.90 Å². The van der Waals surface area contributed by atoms with Crippen LogP contribution in [0.3, 0.4) is 0 Å². The van der Waals surface area contributed by atoms with E-state index < -0.39 is 0 Å². The summed E-state index contributed by atoms with van der Waals surface area (Å²) in [6.07, 6.45) is 0.348. The highest BCUT2D eigenvalue weighted by Gasteiger charge is 2.06. The van der Waals surface area contributed by atoms with Gasteiger partial charge in [-0.2, -0.15) is 5.26 Å². The molecule has 0 unspecified atom stereocenters. The van der Waals surface area contributed by atoms with Crippen LogP contribution in [-0.2, 0) is 4.74 Å². The van der Waals surface area contributed by atoms with Crippen molar-refractivity contribution in [2.75, 3.05) is 20.7 Å². The first-order valence-electron chi connectivity index (χ1n) is 3.25. The van der Waals surface area contributed by atoms with Gasteiger partial charge in [0.25, 0.3) is 0 Å². The molecule has 0 atom stereocenters. The van der Waals surface area contributed by atoms with Crippen LogP contribution in [-0.4, -0.2) is 31.2 Å². The Bertz CT molecular complexity index is 163. The predicted molar refractivity (Wildman–Crippen MR) is 39.0 cm³/mol. The van der Waals surface area contributed by atoms with Gasteiger partial charge in [0.15, 0.2) is 6.42 Å². The third-order valence-electron chi connectivity index (χ3n) is 1.04. The second-order valence-corrected chi connectivity index (χ2v) is 2.06. The van der Waals surface area contributed by atoms with E-state index in [1.165, 1.54) is 0 Å². The Morgan fingerprint density at radius 1 is 1.60 bits per heavy atom. The molecule has 10 heavy (non-hydrogen) atoms. The van der Waals surface area contributed by atoms with Crippen molar-refractivity contribution < 1.29 is 9.31 Å². The third-order valence-corrected chi connectivity index (χ3v) is 1.04. The zero-order valence-corrected chi connectivity index (χ0v) is 6.72. The summed E-state index contributed by atoms with van der Waals surface area (Å²) in [7, 11) is 3.73. The zero-order valence-electron chi connectivity index (χ0n) is 6.72. The molecule has 0 bridgehead atoms. The molecular formula is C7H13N2O+. The van der Waals surface area contributed by atoms with Gasteiger partial charge in [0, 0.05) is 0 Å². The monoisotopic (exact) mass is 141 g/mol. The minimum atomic E-state index is 0.348.